The van der Waals surface area contributed by atoms with Crippen LogP contribution in [0.2, 0.25) is 0 Å². The van der Waals surface area contributed by atoms with Crippen LogP contribution in [-0.4, -0.2) is 47.9 Å². The normalized spacial score (nSPS) is 18.6. The second kappa shape index (κ2) is 7.89. The minimum Gasteiger partial charge on any atom is -0.354 e. The summed E-state index contributed by atoms with van der Waals surface area (Å²) < 4.78 is 11.4. The molecule has 148 valence electrons. The van der Waals surface area contributed by atoms with Gasteiger partial charge in [0, 0.05) is 31.6 Å². The van der Waals surface area contributed by atoms with Crippen molar-refractivity contribution in [3.63, 3.8) is 0 Å². The average Bonchev–Trinajstić information content (AvgIpc) is 3.17. The lowest BCUT2D eigenvalue weighted by Crippen LogP contribution is -2.47. The Morgan fingerprint density at radius 2 is 1.68 bits per heavy atom. The number of nitrogens with zero attached hydrogens (tertiary/aromatic N) is 2. The smallest absolute Gasteiger partial charge is 0.272 e. The Balaban J connectivity index is 1.35. The quantitative estimate of drug-likeness (QED) is 0.869. The van der Waals surface area contributed by atoms with Crippen LogP contribution < -0.4 is 5.32 Å². The molecule has 2 aromatic rings. The third-order valence-electron chi connectivity index (χ3n) is 5.47. The number of carbonyl (C=O) groups is 1. The first-order chi connectivity index (χ1) is 13.5. The summed E-state index contributed by atoms with van der Waals surface area (Å²) in [5.74, 6) is 0.00137. The maximum Gasteiger partial charge on any atom is 0.272 e. The number of ether oxygens (including phenoxy) is 2. The molecule has 0 unspecified atom stereocenters. The number of amides is 1. The standard InChI is InChI=1S/C22H27N3O3/c1-16(2)17-3-5-18(6-4-17)24-19-7-8-20(23-15-19)21(26)25-11-9-22(10-12-25)27-13-14-28-22/h3-8,15-16,24H,9-14H2,1-2H3. The van der Waals surface area contributed by atoms with E-state index in [1.54, 1.807) is 12.3 Å². The van der Waals surface area contributed by atoms with Gasteiger partial charge in [-0.3, -0.25) is 4.79 Å². The van der Waals surface area contributed by atoms with Gasteiger partial charge in [-0.05, 0) is 35.7 Å². The van der Waals surface area contributed by atoms with Gasteiger partial charge in [-0.1, -0.05) is 26.0 Å². The molecular weight excluding hydrogens is 354 g/mol. The lowest BCUT2D eigenvalue weighted by molar-refractivity contribution is -0.181. The molecule has 2 saturated heterocycles. The lowest BCUT2D eigenvalue weighted by Gasteiger charge is -2.37. The fourth-order valence-corrected chi connectivity index (χ4v) is 3.71. The summed E-state index contributed by atoms with van der Waals surface area (Å²) in [6, 6.07) is 12.0. The van der Waals surface area contributed by atoms with E-state index in [-0.39, 0.29) is 5.91 Å². The topological polar surface area (TPSA) is 63.7 Å². The summed E-state index contributed by atoms with van der Waals surface area (Å²) in [6.45, 7) is 6.90. The average molecular weight is 381 g/mol. The van der Waals surface area contributed by atoms with Crippen LogP contribution in [0.15, 0.2) is 42.6 Å². The fourth-order valence-electron chi connectivity index (χ4n) is 3.71. The van der Waals surface area contributed by atoms with Gasteiger partial charge in [0.25, 0.3) is 5.91 Å². The first-order valence-electron chi connectivity index (χ1n) is 9.95. The summed E-state index contributed by atoms with van der Waals surface area (Å²) in [4.78, 5) is 18.9. The monoisotopic (exact) mass is 381 g/mol. The molecule has 1 amide bonds. The van der Waals surface area contributed by atoms with E-state index in [0.29, 0.717) is 50.8 Å². The van der Waals surface area contributed by atoms with Crippen molar-refractivity contribution >= 4 is 17.3 Å². The predicted molar refractivity (Wildman–Crippen MR) is 108 cm³/mol. The molecule has 1 aromatic carbocycles. The zero-order valence-corrected chi connectivity index (χ0v) is 16.5. The largest absolute Gasteiger partial charge is 0.354 e. The van der Waals surface area contributed by atoms with E-state index >= 15 is 0 Å². The molecule has 0 saturated carbocycles. The number of hydrogen-bond acceptors (Lipinski definition) is 5. The Bertz CT molecular complexity index is 802. The zero-order chi connectivity index (χ0) is 19.6. The number of pyridine rings is 1. The SMILES string of the molecule is CC(C)c1ccc(Nc2ccc(C(=O)N3CCC4(CC3)OCCO4)nc2)cc1. The van der Waals surface area contributed by atoms with Crippen molar-refractivity contribution in [2.75, 3.05) is 31.6 Å². The molecule has 6 nitrogen and oxygen atoms in total. The summed E-state index contributed by atoms with van der Waals surface area (Å²) in [5.41, 5.74) is 3.63. The molecule has 3 heterocycles. The molecule has 0 aliphatic carbocycles. The lowest BCUT2D eigenvalue weighted by atomic mass is 10.0. The Morgan fingerprint density at radius 3 is 2.25 bits per heavy atom. The van der Waals surface area contributed by atoms with Crippen LogP contribution in [0.1, 0.15) is 48.7 Å². The molecule has 0 atom stereocenters. The highest BCUT2D eigenvalue weighted by atomic mass is 16.7. The first kappa shape index (κ1) is 18.9. The number of aromatic nitrogens is 1. The first-order valence-corrected chi connectivity index (χ1v) is 9.95. The van der Waals surface area contributed by atoms with Gasteiger partial charge in [0.05, 0.1) is 25.1 Å². The molecule has 0 bridgehead atoms. The van der Waals surface area contributed by atoms with Crippen molar-refractivity contribution < 1.29 is 14.3 Å². The molecule has 1 aromatic heterocycles. The second-order valence-corrected chi connectivity index (χ2v) is 7.73. The van der Waals surface area contributed by atoms with Crippen LogP contribution in [0.3, 0.4) is 0 Å². The van der Waals surface area contributed by atoms with E-state index in [1.807, 2.05) is 11.0 Å². The van der Waals surface area contributed by atoms with Crippen molar-refractivity contribution in [3.05, 3.63) is 53.9 Å². The van der Waals surface area contributed by atoms with Gasteiger partial charge in [0.15, 0.2) is 5.79 Å². The molecule has 4 rings (SSSR count). The van der Waals surface area contributed by atoms with Crippen molar-refractivity contribution in [2.24, 2.45) is 0 Å². The zero-order valence-electron chi connectivity index (χ0n) is 16.5. The number of likely N-dealkylation sites (tertiary alicyclic amines) is 1. The Hall–Kier alpha value is -2.44. The Morgan fingerprint density at radius 1 is 1.04 bits per heavy atom. The van der Waals surface area contributed by atoms with E-state index in [4.69, 9.17) is 9.47 Å². The van der Waals surface area contributed by atoms with E-state index in [0.717, 1.165) is 11.4 Å². The van der Waals surface area contributed by atoms with E-state index in [9.17, 15) is 4.79 Å². The Kier molecular flexibility index (Phi) is 5.33. The van der Waals surface area contributed by atoms with Crippen molar-refractivity contribution in [1.82, 2.24) is 9.88 Å². The van der Waals surface area contributed by atoms with Gasteiger partial charge >= 0.3 is 0 Å². The molecule has 2 fully saturated rings. The van der Waals surface area contributed by atoms with E-state index in [1.165, 1.54) is 5.56 Å². The number of benzene rings is 1. The van der Waals surface area contributed by atoms with Crippen LogP contribution in [0.25, 0.3) is 0 Å². The van der Waals surface area contributed by atoms with Gasteiger partial charge in [-0.15, -0.1) is 0 Å². The number of piperidine rings is 1. The van der Waals surface area contributed by atoms with E-state index in [2.05, 4.69) is 48.4 Å². The summed E-state index contributed by atoms with van der Waals surface area (Å²) in [7, 11) is 0. The highest BCUT2D eigenvalue weighted by Crippen LogP contribution is 2.31. The van der Waals surface area contributed by atoms with Crippen molar-refractivity contribution in [1.29, 1.82) is 0 Å². The number of nitrogens with one attached hydrogen (secondary N) is 1. The second-order valence-electron chi connectivity index (χ2n) is 7.73. The fraction of sp³-hybridized carbons (Fsp3) is 0.455. The Labute approximate surface area is 165 Å². The van der Waals surface area contributed by atoms with Gasteiger partial charge in [0.2, 0.25) is 0 Å². The maximum absolute atomic E-state index is 12.7. The van der Waals surface area contributed by atoms with Gasteiger partial charge in [0.1, 0.15) is 5.69 Å². The van der Waals surface area contributed by atoms with Gasteiger partial charge in [-0.2, -0.15) is 0 Å². The molecule has 2 aliphatic rings. The molecule has 28 heavy (non-hydrogen) atoms. The van der Waals surface area contributed by atoms with Gasteiger partial charge in [-0.25, -0.2) is 4.98 Å². The number of rotatable bonds is 4. The third-order valence-corrected chi connectivity index (χ3v) is 5.47. The summed E-state index contributed by atoms with van der Waals surface area (Å²) >= 11 is 0. The summed E-state index contributed by atoms with van der Waals surface area (Å²) in [6.07, 6.45) is 3.13. The summed E-state index contributed by atoms with van der Waals surface area (Å²) in [5, 5.41) is 3.33. The molecular formula is C22H27N3O3. The highest BCUT2D eigenvalue weighted by molar-refractivity contribution is 5.92. The third kappa shape index (κ3) is 4.03. The minimum absolute atomic E-state index is 0.0410. The maximum atomic E-state index is 12.7. The van der Waals surface area contributed by atoms with Crippen molar-refractivity contribution in [2.45, 2.75) is 38.4 Å². The highest BCUT2D eigenvalue weighted by Gasteiger charge is 2.40. The van der Waals surface area contributed by atoms with Crippen molar-refractivity contribution in [3.8, 4) is 0 Å². The van der Waals surface area contributed by atoms with Crippen LogP contribution >= 0.6 is 0 Å². The van der Waals surface area contributed by atoms with Crippen LogP contribution in [-0.2, 0) is 9.47 Å². The van der Waals surface area contributed by atoms with Gasteiger partial charge < -0.3 is 19.7 Å². The van der Waals surface area contributed by atoms with Crippen LogP contribution in [0.4, 0.5) is 11.4 Å². The number of carbonyl (C=O) groups excluding carboxylic acids is 1. The molecule has 0 radical (unpaired) electrons. The molecule has 1 spiro atoms. The molecule has 6 heteroatoms. The predicted octanol–water partition coefficient (Wildman–Crippen LogP) is 3.93. The molecule has 2 aliphatic heterocycles. The number of anilines is 2. The van der Waals surface area contributed by atoms with E-state index < -0.39 is 5.79 Å². The minimum atomic E-state index is -0.469. The number of hydrogen-bond donors (Lipinski definition) is 1. The van der Waals surface area contributed by atoms with Crippen LogP contribution in [0.5, 0.6) is 0 Å². The van der Waals surface area contributed by atoms with Crippen LogP contribution in [0, 0.1) is 0 Å². The molecule has 1 N–H and O–H groups in total.